The van der Waals surface area contributed by atoms with E-state index >= 15 is 0 Å². The Labute approximate surface area is 60.3 Å². The molecule has 0 bridgehead atoms. The third-order valence-electron chi connectivity index (χ3n) is 0.899. The second-order valence-corrected chi connectivity index (χ2v) is 1.88. The van der Waals surface area contributed by atoms with Gasteiger partial charge in [0.2, 0.25) is 0 Å². The molecule has 0 amide bonds. The van der Waals surface area contributed by atoms with Crippen molar-refractivity contribution in [1.29, 1.82) is 0 Å². The summed E-state index contributed by atoms with van der Waals surface area (Å²) in [6.45, 7) is 3.44. The number of ether oxygens (including phenoxy) is 1. The van der Waals surface area contributed by atoms with Crippen LogP contribution in [0.2, 0.25) is 0 Å². The van der Waals surface area contributed by atoms with Crippen LogP contribution in [0.3, 0.4) is 0 Å². The zero-order valence-corrected chi connectivity index (χ0v) is 6.20. The summed E-state index contributed by atoms with van der Waals surface area (Å²) in [6, 6.07) is 0. The zero-order valence-electron chi connectivity index (χ0n) is 6.20. The molecule has 3 nitrogen and oxygen atoms in total. The van der Waals surface area contributed by atoms with E-state index < -0.39 is 12.1 Å². The molecule has 1 unspecified atom stereocenters. The van der Waals surface area contributed by atoms with E-state index in [-0.39, 0.29) is 6.61 Å². The number of esters is 1. The lowest BCUT2D eigenvalue weighted by Gasteiger charge is -2.02. The van der Waals surface area contributed by atoms with Gasteiger partial charge in [0.25, 0.3) is 0 Å². The van der Waals surface area contributed by atoms with Gasteiger partial charge in [0.05, 0.1) is 0 Å². The predicted molar refractivity (Wildman–Crippen MR) is 37.5 cm³/mol. The molecule has 3 heteroatoms. The molecular formula is C7H12O3. The molecule has 0 aliphatic heterocycles. The topological polar surface area (TPSA) is 46.5 Å². The summed E-state index contributed by atoms with van der Waals surface area (Å²) in [6.07, 6.45) is 2.44. The van der Waals surface area contributed by atoms with E-state index in [0.717, 1.165) is 0 Å². The summed E-state index contributed by atoms with van der Waals surface area (Å²) in [5, 5.41) is 8.62. The van der Waals surface area contributed by atoms with Crippen LogP contribution in [0, 0.1) is 0 Å². The molecule has 0 aliphatic rings. The van der Waals surface area contributed by atoms with Crippen molar-refractivity contribution in [2.75, 3.05) is 6.61 Å². The first kappa shape index (κ1) is 9.17. The molecule has 58 valence electrons. The van der Waals surface area contributed by atoms with Crippen molar-refractivity contribution in [3.63, 3.8) is 0 Å². The van der Waals surface area contributed by atoms with Gasteiger partial charge in [0, 0.05) is 0 Å². The first-order chi connectivity index (χ1) is 4.68. The molecule has 0 heterocycles. The Kier molecular flexibility index (Phi) is 4.58. The van der Waals surface area contributed by atoms with Gasteiger partial charge in [-0.2, -0.15) is 0 Å². The van der Waals surface area contributed by atoms with Gasteiger partial charge in [-0.25, -0.2) is 4.79 Å². The Bertz CT molecular complexity index is 127. The first-order valence-corrected chi connectivity index (χ1v) is 3.14. The Hall–Kier alpha value is -0.830. The first-order valence-electron chi connectivity index (χ1n) is 3.14. The van der Waals surface area contributed by atoms with Gasteiger partial charge in [-0.3, -0.25) is 0 Å². The number of hydrogen-bond acceptors (Lipinski definition) is 3. The molecule has 0 fully saturated rings. The molecule has 0 aromatic heterocycles. The summed E-state index contributed by atoms with van der Waals surface area (Å²) in [5.41, 5.74) is 0. The number of rotatable bonds is 3. The van der Waals surface area contributed by atoms with Crippen molar-refractivity contribution >= 4 is 5.97 Å². The Morgan fingerprint density at radius 2 is 2.40 bits per heavy atom. The quantitative estimate of drug-likeness (QED) is 0.463. The molecular weight excluding hydrogens is 132 g/mol. The number of hydrogen-bond donors (Lipinski definition) is 1. The van der Waals surface area contributed by atoms with E-state index in [9.17, 15) is 4.79 Å². The van der Waals surface area contributed by atoms with Gasteiger partial charge in [0.1, 0.15) is 12.7 Å². The number of aliphatic hydroxyl groups is 1. The average molecular weight is 144 g/mol. The lowest BCUT2D eigenvalue weighted by molar-refractivity contribution is -0.151. The Morgan fingerprint density at radius 1 is 1.80 bits per heavy atom. The predicted octanol–water partition coefficient (Wildman–Crippen LogP) is 0.486. The van der Waals surface area contributed by atoms with E-state index in [1.54, 1.807) is 12.2 Å². The Morgan fingerprint density at radius 3 is 2.80 bits per heavy atom. The van der Waals surface area contributed by atoms with Crippen LogP contribution >= 0.6 is 0 Å². The van der Waals surface area contributed by atoms with Gasteiger partial charge in [-0.1, -0.05) is 12.2 Å². The van der Waals surface area contributed by atoms with E-state index in [0.29, 0.717) is 0 Å². The minimum absolute atomic E-state index is 0.236. The van der Waals surface area contributed by atoms with Crippen molar-refractivity contribution < 1.29 is 14.6 Å². The molecule has 0 rings (SSSR count). The fraction of sp³-hybridized carbons (Fsp3) is 0.571. The van der Waals surface area contributed by atoms with Crippen LogP contribution in [0.25, 0.3) is 0 Å². The van der Waals surface area contributed by atoms with Crippen LogP contribution in [0.5, 0.6) is 0 Å². The minimum Gasteiger partial charge on any atom is -0.460 e. The van der Waals surface area contributed by atoms with Crippen LogP contribution in [-0.2, 0) is 9.53 Å². The maximum atomic E-state index is 10.5. The summed E-state index contributed by atoms with van der Waals surface area (Å²) < 4.78 is 4.57. The fourth-order valence-electron chi connectivity index (χ4n) is 0.347. The lowest BCUT2D eigenvalue weighted by atomic mass is 10.4. The number of allylic oxidation sites excluding steroid dienone is 1. The summed E-state index contributed by atoms with van der Waals surface area (Å²) >= 11 is 0. The van der Waals surface area contributed by atoms with Crippen molar-refractivity contribution in [3.05, 3.63) is 12.2 Å². The van der Waals surface area contributed by atoms with Crippen molar-refractivity contribution in [2.45, 2.75) is 20.0 Å². The van der Waals surface area contributed by atoms with Crippen molar-refractivity contribution in [3.8, 4) is 0 Å². The third-order valence-corrected chi connectivity index (χ3v) is 0.899. The van der Waals surface area contributed by atoms with Gasteiger partial charge in [-0.15, -0.1) is 0 Å². The normalized spacial score (nSPS) is 13.5. The number of carbonyl (C=O) groups is 1. The highest BCUT2D eigenvalue weighted by Gasteiger charge is 2.07. The highest BCUT2D eigenvalue weighted by molar-refractivity contribution is 5.73. The maximum absolute atomic E-state index is 10.5. The van der Waals surface area contributed by atoms with Crippen LogP contribution in [0.1, 0.15) is 13.8 Å². The molecule has 0 aromatic rings. The van der Waals surface area contributed by atoms with Gasteiger partial charge in [-0.05, 0) is 13.8 Å². The standard InChI is InChI=1S/C7H12O3/c1-3-4-5-10-7(9)6(2)8/h3-4,6,8H,5H2,1-2H3/b4-3+. The minimum atomic E-state index is -1.02. The van der Waals surface area contributed by atoms with Gasteiger partial charge < -0.3 is 9.84 Å². The van der Waals surface area contributed by atoms with Crippen LogP contribution in [-0.4, -0.2) is 23.8 Å². The van der Waals surface area contributed by atoms with E-state index in [4.69, 9.17) is 5.11 Å². The molecule has 1 N–H and O–H groups in total. The van der Waals surface area contributed by atoms with Gasteiger partial charge in [0.15, 0.2) is 0 Å². The van der Waals surface area contributed by atoms with Crippen molar-refractivity contribution in [2.24, 2.45) is 0 Å². The van der Waals surface area contributed by atoms with Gasteiger partial charge >= 0.3 is 5.97 Å². The van der Waals surface area contributed by atoms with Crippen molar-refractivity contribution in [1.82, 2.24) is 0 Å². The highest BCUT2D eigenvalue weighted by atomic mass is 16.5. The molecule has 10 heavy (non-hydrogen) atoms. The summed E-state index contributed by atoms with van der Waals surface area (Å²) in [7, 11) is 0. The largest absolute Gasteiger partial charge is 0.460 e. The Balaban J connectivity index is 3.40. The monoisotopic (exact) mass is 144 g/mol. The van der Waals surface area contributed by atoms with Crippen LogP contribution in [0.4, 0.5) is 0 Å². The van der Waals surface area contributed by atoms with Crippen LogP contribution in [0.15, 0.2) is 12.2 Å². The molecule has 1 atom stereocenters. The van der Waals surface area contributed by atoms with E-state index in [2.05, 4.69) is 4.74 Å². The second kappa shape index (κ2) is 4.99. The number of aliphatic hydroxyl groups excluding tert-OH is 1. The van der Waals surface area contributed by atoms with E-state index in [1.165, 1.54) is 6.92 Å². The molecule has 0 aromatic carbocycles. The maximum Gasteiger partial charge on any atom is 0.334 e. The SMILES string of the molecule is C/C=C/COC(=O)C(C)O. The molecule has 0 radical (unpaired) electrons. The van der Waals surface area contributed by atoms with Crippen LogP contribution < -0.4 is 0 Å². The summed E-state index contributed by atoms with van der Waals surface area (Å²) in [4.78, 5) is 10.5. The smallest absolute Gasteiger partial charge is 0.334 e. The highest BCUT2D eigenvalue weighted by Crippen LogP contribution is 1.86. The molecule has 0 spiro atoms. The fourth-order valence-corrected chi connectivity index (χ4v) is 0.347. The molecule has 0 aliphatic carbocycles. The van der Waals surface area contributed by atoms with E-state index in [1.807, 2.05) is 6.92 Å². The zero-order chi connectivity index (χ0) is 7.98. The molecule has 0 saturated heterocycles. The average Bonchev–Trinajstić information content (AvgIpc) is 1.88. The second-order valence-electron chi connectivity index (χ2n) is 1.88. The summed E-state index contributed by atoms with van der Waals surface area (Å²) in [5.74, 6) is -0.585. The molecule has 0 saturated carbocycles. The third kappa shape index (κ3) is 4.09. The number of carbonyl (C=O) groups excluding carboxylic acids is 1. The lowest BCUT2D eigenvalue weighted by Crippen LogP contribution is -2.19.